The molecule has 0 bridgehead atoms. The number of likely N-dealkylation sites (tertiary alicyclic amines) is 1. The van der Waals surface area contributed by atoms with E-state index in [2.05, 4.69) is 10.2 Å². The van der Waals surface area contributed by atoms with Gasteiger partial charge in [0.25, 0.3) is 0 Å². The molecule has 0 spiro atoms. The Morgan fingerprint density at radius 2 is 1.96 bits per heavy atom. The van der Waals surface area contributed by atoms with Crippen molar-refractivity contribution >= 4 is 11.9 Å². The third-order valence-corrected chi connectivity index (χ3v) is 4.42. The van der Waals surface area contributed by atoms with Crippen LogP contribution in [-0.4, -0.2) is 55.2 Å². The maximum Gasteiger partial charge on any atom is 0.303 e. The van der Waals surface area contributed by atoms with Crippen molar-refractivity contribution < 1.29 is 24.2 Å². The number of benzene rings is 1. The number of amides is 1. The van der Waals surface area contributed by atoms with Crippen LogP contribution in [0.25, 0.3) is 0 Å². The number of carboxylic acid groups (broad SMARTS) is 1. The van der Waals surface area contributed by atoms with Crippen LogP contribution in [-0.2, 0) is 16.1 Å². The SMILES string of the molecule is COc1cccc(CNC(=O)CCC(=O)O)c1OCCN1CCCCC1. The zero-order valence-electron chi connectivity index (χ0n) is 15.3. The maximum atomic E-state index is 11.8. The van der Waals surface area contributed by atoms with Crippen molar-refractivity contribution in [1.82, 2.24) is 10.2 Å². The Kier molecular flexibility index (Phi) is 8.21. The van der Waals surface area contributed by atoms with E-state index in [0.717, 1.165) is 25.2 Å². The Labute approximate surface area is 154 Å². The molecule has 0 aromatic heterocycles. The Balaban J connectivity index is 1.90. The molecule has 0 radical (unpaired) electrons. The first-order valence-electron chi connectivity index (χ1n) is 9.09. The molecule has 1 heterocycles. The highest BCUT2D eigenvalue weighted by Gasteiger charge is 2.14. The molecular formula is C19H28N2O5. The van der Waals surface area contributed by atoms with Crippen LogP contribution < -0.4 is 14.8 Å². The molecule has 1 aromatic rings. The Morgan fingerprint density at radius 3 is 2.65 bits per heavy atom. The smallest absolute Gasteiger partial charge is 0.303 e. The lowest BCUT2D eigenvalue weighted by atomic mass is 10.1. The first-order valence-corrected chi connectivity index (χ1v) is 9.09. The fourth-order valence-corrected chi connectivity index (χ4v) is 2.99. The van der Waals surface area contributed by atoms with Gasteiger partial charge in [0.1, 0.15) is 6.61 Å². The van der Waals surface area contributed by atoms with Crippen molar-refractivity contribution in [2.24, 2.45) is 0 Å². The molecular weight excluding hydrogens is 336 g/mol. The topological polar surface area (TPSA) is 88.1 Å². The summed E-state index contributed by atoms with van der Waals surface area (Å²) in [7, 11) is 1.59. The van der Waals surface area contributed by atoms with Gasteiger partial charge in [0.2, 0.25) is 5.91 Å². The summed E-state index contributed by atoms with van der Waals surface area (Å²) in [5.74, 6) is -0.0239. The van der Waals surface area contributed by atoms with Crippen LogP contribution in [0.2, 0.25) is 0 Å². The Bertz CT molecular complexity index is 600. The number of rotatable bonds is 10. The molecule has 7 nitrogen and oxygen atoms in total. The number of methoxy groups -OCH3 is 1. The first kappa shape index (κ1) is 20.0. The third-order valence-electron chi connectivity index (χ3n) is 4.42. The van der Waals surface area contributed by atoms with Gasteiger partial charge < -0.3 is 19.9 Å². The van der Waals surface area contributed by atoms with Crippen LogP contribution in [0.15, 0.2) is 18.2 Å². The summed E-state index contributed by atoms with van der Waals surface area (Å²) >= 11 is 0. The molecule has 1 aliphatic heterocycles. The number of aliphatic carboxylic acids is 1. The van der Waals surface area contributed by atoms with Gasteiger partial charge in [0.05, 0.1) is 13.5 Å². The van der Waals surface area contributed by atoms with E-state index in [1.54, 1.807) is 7.11 Å². The van der Waals surface area contributed by atoms with Gasteiger partial charge >= 0.3 is 5.97 Å². The fourth-order valence-electron chi connectivity index (χ4n) is 2.99. The van der Waals surface area contributed by atoms with Crippen LogP contribution in [0.5, 0.6) is 11.5 Å². The van der Waals surface area contributed by atoms with E-state index in [1.807, 2.05) is 18.2 Å². The average Bonchev–Trinajstić information content (AvgIpc) is 2.66. The number of hydrogen-bond acceptors (Lipinski definition) is 5. The number of ether oxygens (including phenoxy) is 2. The van der Waals surface area contributed by atoms with E-state index in [9.17, 15) is 9.59 Å². The summed E-state index contributed by atoms with van der Waals surface area (Å²) in [5.41, 5.74) is 0.812. The quantitative estimate of drug-likeness (QED) is 0.661. The molecule has 7 heteroatoms. The molecule has 2 N–H and O–H groups in total. The highest BCUT2D eigenvalue weighted by molar-refractivity contribution is 5.80. The monoisotopic (exact) mass is 364 g/mol. The van der Waals surface area contributed by atoms with Gasteiger partial charge in [-0.1, -0.05) is 18.6 Å². The fraction of sp³-hybridized carbons (Fsp3) is 0.579. The number of carboxylic acids is 1. The number of nitrogens with one attached hydrogen (secondary N) is 1. The van der Waals surface area contributed by atoms with Crippen LogP contribution in [0.1, 0.15) is 37.7 Å². The second-order valence-electron chi connectivity index (χ2n) is 6.37. The van der Waals surface area contributed by atoms with Gasteiger partial charge in [-0.2, -0.15) is 0 Å². The summed E-state index contributed by atoms with van der Waals surface area (Å²) in [6.07, 6.45) is 3.56. The van der Waals surface area contributed by atoms with Gasteiger partial charge in [-0.25, -0.2) is 0 Å². The zero-order chi connectivity index (χ0) is 18.8. The number of carbonyl (C=O) groups is 2. The minimum atomic E-state index is -0.983. The van der Waals surface area contributed by atoms with E-state index in [4.69, 9.17) is 14.6 Å². The van der Waals surface area contributed by atoms with Crippen molar-refractivity contribution in [3.8, 4) is 11.5 Å². The zero-order valence-corrected chi connectivity index (χ0v) is 15.3. The molecule has 0 aliphatic carbocycles. The van der Waals surface area contributed by atoms with Gasteiger partial charge in [0, 0.05) is 25.1 Å². The summed E-state index contributed by atoms with van der Waals surface area (Å²) in [6, 6.07) is 5.54. The minimum Gasteiger partial charge on any atom is -0.493 e. The molecule has 144 valence electrons. The first-order chi connectivity index (χ1) is 12.6. The van der Waals surface area contributed by atoms with Crippen molar-refractivity contribution in [3.63, 3.8) is 0 Å². The Morgan fingerprint density at radius 1 is 1.19 bits per heavy atom. The minimum absolute atomic E-state index is 0.0372. The molecule has 26 heavy (non-hydrogen) atoms. The third kappa shape index (κ3) is 6.55. The molecule has 0 atom stereocenters. The van der Waals surface area contributed by atoms with E-state index < -0.39 is 5.97 Å². The highest BCUT2D eigenvalue weighted by Crippen LogP contribution is 2.31. The predicted octanol–water partition coefficient (Wildman–Crippen LogP) is 2.04. The lowest BCUT2D eigenvalue weighted by molar-refractivity contribution is -0.138. The second-order valence-corrected chi connectivity index (χ2v) is 6.37. The number of para-hydroxylation sites is 1. The molecule has 0 saturated carbocycles. The lowest BCUT2D eigenvalue weighted by Crippen LogP contribution is -2.33. The Hall–Kier alpha value is -2.28. The van der Waals surface area contributed by atoms with Gasteiger partial charge in [-0.3, -0.25) is 14.5 Å². The van der Waals surface area contributed by atoms with E-state index >= 15 is 0 Å². The van der Waals surface area contributed by atoms with Crippen LogP contribution in [0.4, 0.5) is 0 Å². The molecule has 0 unspecified atom stereocenters. The summed E-state index contributed by atoms with van der Waals surface area (Å²) in [5, 5.41) is 11.4. The van der Waals surface area contributed by atoms with Crippen molar-refractivity contribution in [1.29, 1.82) is 0 Å². The molecule has 1 fully saturated rings. The normalized spacial score (nSPS) is 14.7. The number of hydrogen-bond donors (Lipinski definition) is 2. The summed E-state index contributed by atoms with van der Waals surface area (Å²) in [4.78, 5) is 24.7. The van der Waals surface area contributed by atoms with E-state index in [0.29, 0.717) is 18.1 Å². The van der Waals surface area contributed by atoms with Crippen molar-refractivity contribution in [2.45, 2.75) is 38.6 Å². The number of nitrogens with zero attached hydrogens (tertiary/aromatic N) is 1. The average molecular weight is 364 g/mol. The van der Waals surface area contributed by atoms with Gasteiger partial charge in [-0.05, 0) is 32.0 Å². The molecule has 1 aliphatic rings. The molecule has 1 aromatic carbocycles. The lowest BCUT2D eigenvalue weighted by Gasteiger charge is -2.26. The van der Waals surface area contributed by atoms with Gasteiger partial charge in [0.15, 0.2) is 11.5 Å². The van der Waals surface area contributed by atoms with E-state index in [1.165, 1.54) is 19.3 Å². The largest absolute Gasteiger partial charge is 0.493 e. The molecule has 2 rings (SSSR count). The van der Waals surface area contributed by atoms with Crippen LogP contribution in [0, 0.1) is 0 Å². The van der Waals surface area contributed by atoms with Crippen molar-refractivity contribution in [3.05, 3.63) is 23.8 Å². The maximum absolute atomic E-state index is 11.8. The van der Waals surface area contributed by atoms with E-state index in [-0.39, 0.29) is 25.3 Å². The second kappa shape index (κ2) is 10.7. The molecule has 1 amide bonds. The standard InChI is InChI=1S/C19H28N2O5/c1-25-16-7-5-6-15(14-20-17(22)8-9-18(23)24)19(16)26-13-12-21-10-3-2-4-11-21/h5-7H,2-4,8-14H2,1H3,(H,20,22)(H,23,24). The van der Waals surface area contributed by atoms with Gasteiger partial charge in [-0.15, -0.1) is 0 Å². The van der Waals surface area contributed by atoms with Crippen LogP contribution in [0.3, 0.4) is 0 Å². The number of piperidine rings is 1. The summed E-state index contributed by atoms with van der Waals surface area (Å²) in [6.45, 7) is 3.92. The van der Waals surface area contributed by atoms with Crippen LogP contribution >= 0.6 is 0 Å². The van der Waals surface area contributed by atoms with Crippen molar-refractivity contribution in [2.75, 3.05) is 33.4 Å². The predicted molar refractivity (Wildman–Crippen MR) is 97.5 cm³/mol. The molecule has 1 saturated heterocycles. The number of carbonyl (C=O) groups excluding carboxylic acids is 1. The summed E-state index contributed by atoms with van der Waals surface area (Å²) < 4.78 is 11.4. The highest BCUT2D eigenvalue weighted by atomic mass is 16.5.